The third-order valence-corrected chi connectivity index (χ3v) is 4.77. The highest BCUT2D eigenvalue weighted by Crippen LogP contribution is 2.29. The number of pyridine rings is 1. The third kappa shape index (κ3) is 2.14. The van der Waals surface area contributed by atoms with Crippen molar-refractivity contribution < 1.29 is 9.21 Å². The van der Waals surface area contributed by atoms with Gasteiger partial charge in [0, 0.05) is 37.6 Å². The van der Waals surface area contributed by atoms with Crippen LogP contribution in [0.4, 0.5) is 5.69 Å². The SMILES string of the molecule is CN(C)c1coc2cnc(C(=O)N[C@@H]3C[C@H]4CC[C@@H]3N4)cc12. The average Bonchev–Trinajstić information content (AvgIpc) is 3.20. The summed E-state index contributed by atoms with van der Waals surface area (Å²) in [4.78, 5) is 18.7. The van der Waals surface area contributed by atoms with E-state index in [1.807, 2.05) is 25.1 Å². The van der Waals surface area contributed by atoms with Crippen molar-refractivity contribution in [3.05, 3.63) is 24.2 Å². The zero-order chi connectivity index (χ0) is 15.3. The molecule has 0 radical (unpaired) electrons. The molecule has 22 heavy (non-hydrogen) atoms. The summed E-state index contributed by atoms with van der Waals surface area (Å²) >= 11 is 0. The zero-order valence-corrected chi connectivity index (χ0v) is 12.8. The molecule has 1 amide bonds. The maximum Gasteiger partial charge on any atom is 0.270 e. The fourth-order valence-corrected chi connectivity index (χ4v) is 3.62. The van der Waals surface area contributed by atoms with Crippen LogP contribution in [0.25, 0.3) is 11.0 Å². The lowest BCUT2D eigenvalue weighted by Gasteiger charge is -2.21. The molecule has 0 spiro atoms. The van der Waals surface area contributed by atoms with Crippen LogP contribution in [0.2, 0.25) is 0 Å². The van der Waals surface area contributed by atoms with Crippen LogP contribution in [0.15, 0.2) is 22.9 Å². The van der Waals surface area contributed by atoms with E-state index in [-0.39, 0.29) is 11.9 Å². The second-order valence-electron chi connectivity index (χ2n) is 6.44. The van der Waals surface area contributed by atoms with Crippen LogP contribution in [-0.4, -0.2) is 43.1 Å². The number of furan rings is 1. The summed E-state index contributed by atoms with van der Waals surface area (Å²) in [7, 11) is 3.90. The van der Waals surface area contributed by atoms with Crippen molar-refractivity contribution in [1.82, 2.24) is 15.6 Å². The fourth-order valence-electron chi connectivity index (χ4n) is 3.62. The molecule has 2 aromatic rings. The Kier molecular flexibility index (Phi) is 3.07. The number of amides is 1. The number of carbonyl (C=O) groups excluding carboxylic acids is 1. The van der Waals surface area contributed by atoms with Gasteiger partial charge in [0.05, 0.1) is 11.9 Å². The van der Waals surface area contributed by atoms with Gasteiger partial charge in [0.1, 0.15) is 12.0 Å². The van der Waals surface area contributed by atoms with Crippen LogP contribution >= 0.6 is 0 Å². The molecule has 2 aromatic heterocycles. The largest absolute Gasteiger partial charge is 0.460 e. The van der Waals surface area contributed by atoms with Crippen molar-refractivity contribution in [2.45, 2.75) is 37.4 Å². The molecule has 0 aliphatic carbocycles. The molecule has 4 heterocycles. The van der Waals surface area contributed by atoms with Crippen LogP contribution in [-0.2, 0) is 0 Å². The molecule has 0 unspecified atom stereocenters. The first-order chi connectivity index (χ1) is 10.6. The van der Waals surface area contributed by atoms with E-state index in [9.17, 15) is 4.79 Å². The van der Waals surface area contributed by atoms with E-state index in [2.05, 4.69) is 15.6 Å². The van der Waals surface area contributed by atoms with Crippen LogP contribution in [0.3, 0.4) is 0 Å². The first kappa shape index (κ1) is 13.6. The van der Waals surface area contributed by atoms with Crippen LogP contribution < -0.4 is 15.5 Å². The Morgan fingerprint density at radius 1 is 1.45 bits per heavy atom. The predicted octanol–water partition coefficient (Wildman–Crippen LogP) is 1.52. The molecule has 0 saturated carbocycles. The van der Waals surface area contributed by atoms with Crippen molar-refractivity contribution in [2.75, 3.05) is 19.0 Å². The lowest BCUT2D eigenvalue weighted by Crippen LogP contribution is -2.43. The van der Waals surface area contributed by atoms with Gasteiger partial charge in [-0.05, 0) is 25.3 Å². The molecule has 2 N–H and O–H groups in total. The minimum absolute atomic E-state index is 0.104. The topological polar surface area (TPSA) is 70.4 Å². The average molecular weight is 300 g/mol. The number of nitrogens with one attached hydrogen (secondary N) is 2. The monoisotopic (exact) mass is 300 g/mol. The highest BCUT2D eigenvalue weighted by atomic mass is 16.3. The first-order valence-electron chi connectivity index (χ1n) is 7.73. The molecule has 3 atom stereocenters. The van der Waals surface area contributed by atoms with Gasteiger partial charge in [-0.2, -0.15) is 0 Å². The van der Waals surface area contributed by atoms with Gasteiger partial charge in [0.25, 0.3) is 5.91 Å². The molecule has 6 nitrogen and oxygen atoms in total. The molecule has 2 aliphatic heterocycles. The summed E-state index contributed by atoms with van der Waals surface area (Å²) in [5.74, 6) is -0.104. The quantitative estimate of drug-likeness (QED) is 0.899. The molecule has 4 rings (SSSR count). The number of aromatic nitrogens is 1. The van der Waals surface area contributed by atoms with Crippen molar-refractivity contribution >= 4 is 22.6 Å². The molecule has 2 bridgehead atoms. The molecule has 6 heteroatoms. The second-order valence-corrected chi connectivity index (χ2v) is 6.44. The molecular formula is C16H20N4O2. The van der Waals surface area contributed by atoms with E-state index in [1.165, 1.54) is 6.42 Å². The lowest BCUT2D eigenvalue weighted by atomic mass is 9.95. The summed E-state index contributed by atoms with van der Waals surface area (Å²) in [6, 6.07) is 3.02. The van der Waals surface area contributed by atoms with Gasteiger partial charge in [-0.15, -0.1) is 0 Å². The number of rotatable bonds is 3. The molecule has 0 aromatic carbocycles. The number of nitrogens with zero attached hydrogens (tertiary/aromatic N) is 2. The van der Waals surface area contributed by atoms with E-state index in [0.29, 0.717) is 23.4 Å². The zero-order valence-electron chi connectivity index (χ0n) is 12.8. The molecule has 2 fully saturated rings. The number of anilines is 1. The summed E-state index contributed by atoms with van der Waals surface area (Å²) in [6.07, 6.45) is 6.70. The van der Waals surface area contributed by atoms with E-state index in [4.69, 9.17) is 4.42 Å². The number of fused-ring (bicyclic) bond motifs is 3. The molecule has 116 valence electrons. The summed E-state index contributed by atoms with van der Waals surface area (Å²) < 4.78 is 5.47. The maximum absolute atomic E-state index is 12.5. The number of hydrogen-bond donors (Lipinski definition) is 2. The van der Waals surface area contributed by atoms with E-state index in [0.717, 1.165) is 23.9 Å². The third-order valence-electron chi connectivity index (χ3n) is 4.77. The van der Waals surface area contributed by atoms with Crippen LogP contribution in [0.5, 0.6) is 0 Å². The van der Waals surface area contributed by atoms with Gasteiger partial charge in [0.15, 0.2) is 5.58 Å². The standard InChI is InChI=1S/C16H20N4O2/c1-20(2)14-8-22-15-7-17-13(6-10(14)15)16(21)19-12-5-9-3-4-11(12)18-9/h6-9,11-12,18H,3-5H2,1-2H3,(H,19,21)/t9-,11+,12-/m1/s1. The van der Waals surface area contributed by atoms with Gasteiger partial charge in [-0.25, -0.2) is 4.98 Å². The Labute approximate surface area is 128 Å². The van der Waals surface area contributed by atoms with Gasteiger partial charge in [-0.1, -0.05) is 0 Å². The van der Waals surface area contributed by atoms with Crippen molar-refractivity contribution in [2.24, 2.45) is 0 Å². The minimum Gasteiger partial charge on any atom is -0.460 e. The van der Waals surface area contributed by atoms with Gasteiger partial charge in [-0.3, -0.25) is 4.79 Å². The maximum atomic E-state index is 12.5. The Bertz CT molecular complexity index is 724. The highest BCUT2D eigenvalue weighted by Gasteiger charge is 2.39. The van der Waals surface area contributed by atoms with Gasteiger partial charge in [0.2, 0.25) is 0 Å². The summed E-state index contributed by atoms with van der Waals surface area (Å²) in [5.41, 5.74) is 2.09. The summed E-state index contributed by atoms with van der Waals surface area (Å²) in [6.45, 7) is 0. The number of carbonyl (C=O) groups is 1. The van der Waals surface area contributed by atoms with Crippen molar-refractivity contribution in [1.29, 1.82) is 0 Å². The van der Waals surface area contributed by atoms with Gasteiger partial charge < -0.3 is 20.0 Å². The van der Waals surface area contributed by atoms with Crippen molar-refractivity contribution in [3.63, 3.8) is 0 Å². The Hall–Kier alpha value is -2.08. The predicted molar refractivity (Wildman–Crippen MR) is 84.2 cm³/mol. The van der Waals surface area contributed by atoms with Crippen LogP contribution in [0, 0.1) is 0 Å². The smallest absolute Gasteiger partial charge is 0.270 e. The minimum atomic E-state index is -0.104. The normalized spacial score (nSPS) is 26.5. The second kappa shape index (κ2) is 4.98. The summed E-state index contributed by atoms with van der Waals surface area (Å²) in [5, 5.41) is 7.56. The van der Waals surface area contributed by atoms with E-state index < -0.39 is 0 Å². The molecule has 2 saturated heterocycles. The lowest BCUT2D eigenvalue weighted by molar-refractivity contribution is 0.0926. The Morgan fingerprint density at radius 2 is 2.32 bits per heavy atom. The Balaban J connectivity index is 1.57. The van der Waals surface area contributed by atoms with E-state index >= 15 is 0 Å². The Morgan fingerprint density at radius 3 is 3.00 bits per heavy atom. The fraction of sp³-hybridized carbons (Fsp3) is 0.500. The molecular weight excluding hydrogens is 280 g/mol. The van der Waals surface area contributed by atoms with Crippen LogP contribution in [0.1, 0.15) is 29.8 Å². The first-order valence-corrected chi connectivity index (χ1v) is 7.73. The van der Waals surface area contributed by atoms with E-state index in [1.54, 1.807) is 12.5 Å². The molecule has 2 aliphatic rings. The van der Waals surface area contributed by atoms with Crippen molar-refractivity contribution in [3.8, 4) is 0 Å². The highest BCUT2D eigenvalue weighted by molar-refractivity contribution is 5.99. The van der Waals surface area contributed by atoms with Gasteiger partial charge >= 0.3 is 0 Å². The number of hydrogen-bond acceptors (Lipinski definition) is 5.